The molecule has 4 nitrogen and oxygen atoms in total. The maximum Gasteiger partial charge on any atom is 0.303 e. The number of carbonyl (C=O) groups is 2. The molecule has 1 aliphatic rings. The van der Waals surface area contributed by atoms with Gasteiger partial charge in [0, 0.05) is 18.4 Å². The van der Waals surface area contributed by atoms with Gasteiger partial charge in [-0.1, -0.05) is 20.3 Å². The molecule has 0 radical (unpaired) electrons. The van der Waals surface area contributed by atoms with E-state index in [0.29, 0.717) is 6.42 Å². The zero-order valence-corrected chi connectivity index (χ0v) is 11.0. The molecule has 0 aromatic heterocycles. The van der Waals surface area contributed by atoms with Crippen molar-refractivity contribution in [3.8, 4) is 0 Å². The second-order valence-corrected chi connectivity index (χ2v) is 5.78. The van der Waals surface area contributed by atoms with Crippen molar-refractivity contribution >= 4 is 11.9 Å². The van der Waals surface area contributed by atoms with E-state index in [9.17, 15) is 9.59 Å². The smallest absolute Gasteiger partial charge is 0.303 e. The lowest BCUT2D eigenvalue weighted by Crippen LogP contribution is -2.40. The topological polar surface area (TPSA) is 66.4 Å². The van der Waals surface area contributed by atoms with E-state index in [0.717, 1.165) is 19.3 Å². The molecule has 1 fully saturated rings. The molecular weight excluding hydrogens is 218 g/mol. The van der Waals surface area contributed by atoms with Crippen LogP contribution < -0.4 is 5.32 Å². The molecule has 2 atom stereocenters. The number of hydrogen-bond donors (Lipinski definition) is 2. The molecule has 98 valence electrons. The van der Waals surface area contributed by atoms with Crippen molar-refractivity contribution in [3.05, 3.63) is 0 Å². The number of carbonyl (C=O) groups excluding carboxylic acids is 1. The first-order valence-electron chi connectivity index (χ1n) is 6.35. The summed E-state index contributed by atoms with van der Waals surface area (Å²) < 4.78 is 0. The lowest BCUT2D eigenvalue weighted by Gasteiger charge is -2.27. The predicted molar refractivity (Wildman–Crippen MR) is 65.6 cm³/mol. The molecule has 4 heteroatoms. The molecule has 0 aliphatic heterocycles. The van der Waals surface area contributed by atoms with Gasteiger partial charge in [0.2, 0.25) is 5.91 Å². The van der Waals surface area contributed by atoms with E-state index in [1.807, 2.05) is 6.92 Å². The number of amides is 1. The molecule has 0 saturated heterocycles. The highest BCUT2D eigenvalue weighted by atomic mass is 16.4. The minimum Gasteiger partial charge on any atom is -0.481 e. The van der Waals surface area contributed by atoms with Crippen molar-refractivity contribution in [1.29, 1.82) is 0 Å². The summed E-state index contributed by atoms with van der Waals surface area (Å²) in [6.07, 6.45) is 3.75. The number of aliphatic carboxylic acids is 1. The summed E-state index contributed by atoms with van der Waals surface area (Å²) in [5.74, 6) is -0.646. The van der Waals surface area contributed by atoms with Crippen LogP contribution in [0.25, 0.3) is 0 Å². The summed E-state index contributed by atoms with van der Waals surface area (Å²) in [5, 5.41) is 11.5. The maximum atomic E-state index is 12.1. The van der Waals surface area contributed by atoms with Crippen LogP contribution in [0.2, 0.25) is 0 Å². The van der Waals surface area contributed by atoms with Gasteiger partial charge in [0.25, 0.3) is 0 Å². The van der Waals surface area contributed by atoms with E-state index >= 15 is 0 Å². The summed E-state index contributed by atoms with van der Waals surface area (Å²) in [6.45, 7) is 6.13. The molecule has 1 aliphatic carbocycles. The maximum absolute atomic E-state index is 12.1. The van der Waals surface area contributed by atoms with E-state index in [1.165, 1.54) is 0 Å². The quantitative estimate of drug-likeness (QED) is 0.775. The van der Waals surface area contributed by atoms with Gasteiger partial charge < -0.3 is 10.4 Å². The van der Waals surface area contributed by atoms with Crippen molar-refractivity contribution in [3.63, 3.8) is 0 Å². The zero-order chi connectivity index (χ0) is 13.1. The Labute approximate surface area is 103 Å². The molecule has 0 aromatic rings. The molecule has 0 heterocycles. The van der Waals surface area contributed by atoms with E-state index < -0.39 is 5.97 Å². The fourth-order valence-corrected chi connectivity index (χ4v) is 2.57. The Hall–Kier alpha value is -1.06. The van der Waals surface area contributed by atoms with Gasteiger partial charge in [0.05, 0.1) is 0 Å². The second kappa shape index (κ2) is 5.52. The van der Waals surface area contributed by atoms with Crippen molar-refractivity contribution in [1.82, 2.24) is 5.32 Å². The van der Waals surface area contributed by atoms with Crippen LogP contribution in [0.3, 0.4) is 0 Å². The Morgan fingerprint density at radius 3 is 2.59 bits per heavy atom. The highest BCUT2D eigenvalue weighted by molar-refractivity contribution is 5.80. The van der Waals surface area contributed by atoms with Crippen LogP contribution in [-0.2, 0) is 9.59 Å². The molecule has 1 amide bonds. The predicted octanol–water partition coefficient (Wildman–Crippen LogP) is 2.18. The summed E-state index contributed by atoms with van der Waals surface area (Å²) >= 11 is 0. The van der Waals surface area contributed by atoms with Crippen molar-refractivity contribution < 1.29 is 14.7 Å². The van der Waals surface area contributed by atoms with Gasteiger partial charge in [-0.05, 0) is 31.6 Å². The van der Waals surface area contributed by atoms with Gasteiger partial charge in [0.15, 0.2) is 0 Å². The molecule has 0 bridgehead atoms. The summed E-state index contributed by atoms with van der Waals surface area (Å²) in [6, 6.07) is -0.0602. The lowest BCUT2D eigenvalue weighted by atomic mass is 9.81. The normalized spacial score (nSPS) is 24.3. The van der Waals surface area contributed by atoms with Crippen LogP contribution in [-0.4, -0.2) is 23.0 Å². The van der Waals surface area contributed by atoms with Gasteiger partial charge in [0.1, 0.15) is 0 Å². The van der Waals surface area contributed by atoms with Crippen LogP contribution >= 0.6 is 0 Å². The summed E-state index contributed by atoms with van der Waals surface area (Å²) in [5.41, 5.74) is 0.0800. The third-order valence-electron chi connectivity index (χ3n) is 3.75. The first-order valence-corrected chi connectivity index (χ1v) is 6.35. The van der Waals surface area contributed by atoms with E-state index in [2.05, 4.69) is 19.2 Å². The Balaban J connectivity index is 2.41. The average Bonchev–Trinajstić information content (AvgIpc) is 2.55. The first kappa shape index (κ1) is 14.0. The highest BCUT2D eigenvalue weighted by Crippen LogP contribution is 2.42. The third kappa shape index (κ3) is 4.02. The van der Waals surface area contributed by atoms with Crippen LogP contribution in [0.5, 0.6) is 0 Å². The van der Waals surface area contributed by atoms with E-state index in [1.54, 1.807) is 0 Å². The minimum absolute atomic E-state index is 0.0602. The van der Waals surface area contributed by atoms with Gasteiger partial charge in [-0.3, -0.25) is 9.59 Å². The SMILES string of the molecule is CC(CCC(=O)O)NC(=O)C1CCCC1(C)C. The van der Waals surface area contributed by atoms with Crippen LogP contribution in [0.4, 0.5) is 0 Å². The Kier molecular flexibility index (Phi) is 4.54. The largest absolute Gasteiger partial charge is 0.481 e. The minimum atomic E-state index is -0.813. The average molecular weight is 241 g/mol. The molecule has 0 spiro atoms. The molecule has 0 aromatic carbocycles. The fraction of sp³-hybridized carbons (Fsp3) is 0.846. The van der Waals surface area contributed by atoms with Crippen molar-refractivity contribution in [2.75, 3.05) is 0 Å². The fourth-order valence-electron chi connectivity index (χ4n) is 2.57. The summed E-state index contributed by atoms with van der Waals surface area (Å²) in [7, 11) is 0. The Bertz CT molecular complexity index is 299. The standard InChI is InChI=1S/C13H23NO3/c1-9(6-7-11(15)16)14-12(17)10-5-4-8-13(10,2)3/h9-10H,4-8H2,1-3H3,(H,14,17)(H,15,16). The van der Waals surface area contributed by atoms with E-state index in [-0.39, 0.29) is 29.7 Å². The second-order valence-electron chi connectivity index (χ2n) is 5.78. The highest BCUT2D eigenvalue weighted by Gasteiger charge is 2.39. The number of nitrogens with one attached hydrogen (secondary N) is 1. The monoisotopic (exact) mass is 241 g/mol. The molecule has 17 heavy (non-hydrogen) atoms. The Morgan fingerprint density at radius 1 is 1.47 bits per heavy atom. The number of hydrogen-bond acceptors (Lipinski definition) is 2. The third-order valence-corrected chi connectivity index (χ3v) is 3.75. The molecular formula is C13H23NO3. The molecule has 2 N–H and O–H groups in total. The molecule has 1 saturated carbocycles. The number of carboxylic acid groups (broad SMARTS) is 1. The van der Waals surface area contributed by atoms with Crippen molar-refractivity contribution in [2.24, 2.45) is 11.3 Å². The van der Waals surface area contributed by atoms with Crippen molar-refractivity contribution in [2.45, 2.75) is 58.9 Å². The summed E-state index contributed by atoms with van der Waals surface area (Å²) in [4.78, 5) is 22.5. The number of carboxylic acids is 1. The Morgan fingerprint density at radius 2 is 2.12 bits per heavy atom. The number of rotatable bonds is 5. The van der Waals surface area contributed by atoms with Crippen LogP contribution in [0, 0.1) is 11.3 Å². The lowest BCUT2D eigenvalue weighted by molar-refractivity contribution is -0.137. The van der Waals surface area contributed by atoms with Crippen LogP contribution in [0.15, 0.2) is 0 Å². The van der Waals surface area contributed by atoms with Gasteiger partial charge in [-0.25, -0.2) is 0 Å². The molecule has 1 rings (SSSR count). The first-order chi connectivity index (χ1) is 7.83. The molecule has 2 unspecified atom stereocenters. The van der Waals surface area contributed by atoms with Gasteiger partial charge in [-0.15, -0.1) is 0 Å². The van der Waals surface area contributed by atoms with Gasteiger partial charge >= 0.3 is 5.97 Å². The van der Waals surface area contributed by atoms with Crippen LogP contribution in [0.1, 0.15) is 52.9 Å². The van der Waals surface area contributed by atoms with Gasteiger partial charge in [-0.2, -0.15) is 0 Å². The van der Waals surface area contributed by atoms with E-state index in [4.69, 9.17) is 5.11 Å². The zero-order valence-electron chi connectivity index (χ0n) is 11.0.